The Bertz CT molecular complexity index is 564. The minimum atomic E-state index is -0.530. The molecule has 0 spiro atoms. The number of carbonyl (C=O) groups is 2. The first-order chi connectivity index (χ1) is 12.0. The highest BCUT2D eigenvalue weighted by Gasteiger charge is 2.16. The number of esters is 1. The molecule has 1 aliphatic heterocycles. The van der Waals surface area contributed by atoms with E-state index >= 15 is 0 Å². The van der Waals surface area contributed by atoms with Gasteiger partial charge in [-0.1, -0.05) is 13.8 Å². The largest absolute Gasteiger partial charge is 0.491 e. The molecule has 1 fully saturated rings. The molecular weight excluding hydrogens is 322 g/mol. The lowest BCUT2D eigenvalue weighted by atomic mass is 10.1. The Balaban J connectivity index is 1.74. The summed E-state index contributed by atoms with van der Waals surface area (Å²) in [5.74, 6) is 0.168. The van der Waals surface area contributed by atoms with E-state index in [2.05, 4.69) is 5.32 Å². The summed E-state index contributed by atoms with van der Waals surface area (Å²) in [6, 6.07) is 6.72. The summed E-state index contributed by atoms with van der Waals surface area (Å²) in [7, 11) is 0. The molecule has 2 atom stereocenters. The maximum Gasteiger partial charge on any atom is 0.338 e. The molecule has 1 heterocycles. The average molecular weight is 349 g/mol. The second-order valence-corrected chi connectivity index (χ2v) is 6.65. The van der Waals surface area contributed by atoms with E-state index < -0.39 is 5.97 Å². The topological polar surface area (TPSA) is 73.9 Å². The van der Waals surface area contributed by atoms with Crippen LogP contribution in [0.25, 0.3) is 0 Å². The molecular formula is C19H27NO5. The third-order valence-electron chi connectivity index (χ3n) is 4.27. The number of carbonyl (C=O) groups excluding carboxylic acids is 2. The maximum absolute atomic E-state index is 12.0. The summed E-state index contributed by atoms with van der Waals surface area (Å²) in [4.78, 5) is 23.7. The standard InChI is InChI=1S/C19H27NO5/c1-13(2)14(3)20-18(21)12-25-19(22)15-6-8-16(9-7-15)24-11-17-5-4-10-23-17/h6-9,13-14,17H,4-5,10-12H2,1-3H3,(H,20,21)/t14-,17+/m0/s1. The normalized spacial score (nSPS) is 18.0. The zero-order valence-electron chi connectivity index (χ0n) is 15.1. The van der Waals surface area contributed by atoms with Crippen LogP contribution < -0.4 is 10.1 Å². The molecule has 6 heteroatoms. The first kappa shape index (κ1) is 19.2. The van der Waals surface area contributed by atoms with Crippen molar-refractivity contribution in [1.29, 1.82) is 0 Å². The van der Waals surface area contributed by atoms with Crippen LogP contribution in [-0.2, 0) is 14.3 Å². The van der Waals surface area contributed by atoms with Gasteiger partial charge in [0.05, 0.1) is 11.7 Å². The zero-order valence-corrected chi connectivity index (χ0v) is 15.1. The van der Waals surface area contributed by atoms with Crippen LogP contribution >= 0.6 is 0 Å². The van der Waals surface area contributed by atoms with Crippen molar-refractivity contribution in [3.05, 3.63) is 29.8 Å². The highest BCUT2D eigenvalue weighted by atomic mass is 16.5. The van der Waals surface area contributed by atoms with Crippen LogP contribution in [0.1, 0.15) is 44.0 Å². The van der Waals surface area contributed by atoms with Gasteiger partial charge in [0.1, 0.15) is 12.4 Å². The number of nitrogens with one attached hydrogen (secondary N) is 1. The second-order valence-electron chi connectivity index (χ2n) is 6.65. The molecule has 0 aromatic heterocycles. The van der Waals surface area contributed by atoms with Crippen LogP contribution in [-0.4, -0.2) is 43.8 Å². The van der Waals surface area contributed by atoms with Gasteiger partial charge in [-0.05, 0) is 49.9 Å². The van der Waals surface area contributed by atoms with Crippen molar-refractivity contribution >= 4 is 11.9 Å². The fraction of sp³-hybridized carbons (Fsp3) is 0.579. The molecule has 2 rings (SSSR count). The van der Waals surface area contributed by atoms with Crippen molar-refractivity contribution in [3.63, 3.8) is 0 Å². The first-order valence-corrected chi connectivity index (χ1v) is 8.76. The summed E-state index contributed by atoms with van der Waals surface area (Å²) in [6.45, 7) is 6.96. The predicted octanol–water partition coefficient (Wildman–Crippen LogP) is 2.56. The van der Waals surface area contributed by atoms with Crippen LogP contribution in [0.3, 0.4) is 0 Å². The fourth-order valence-electron chi connectivity index (χ4n) is 2.33. The van der Waals surface area contributed by atoms with E-state index in [1.54, 1.807) is 24.3 Å². The lowest BCUT2D eigenvalue weighted by Crippen LogP contribution is -2.38. The average Bonchev–Trinajstić information content (AvgIpc) is 3.11. The Morgan fingerprint density at radius 1 is 1.24 bits per heavy atom. The van der Waals surface area contributed by atoms with Gasteiger partial charge in [-0.25, -0.2) is 4.79 Å². The van der Waals surface area contributed by atoms with Gasteiger partial charge in [0, 0.05) is 12.6 Å². The number of ether oxygens (including phenoxy) is 3. The first-order valence-electron chi connectivity index (χ1n) is 8.76. The molecule has 1 saturated heterocycles. The van der Waals surface area contributed by atoms with Gasteiger partial charge in [-0.3, -0.25) is 4.79 Å². The van der Waals surface area contributed by atoms with Crippen molar-refractivity contribution in [2.24, 2.45) is 5.92 Å². The summed E-state index contributed by atoms with van der Waals surface area (Å²) in [6.07, 6.45) is 2.24. The summed E-state index contributed by atoms with van der Waals surface area (Å²) in [5.41, 5.74) is 0.383. The van der Waals surface area contributed by atoms with E-state index in [0.717, 1.165) is 19.4 Å². The SMILES string of the molecule is CC(C)[C@H](C)NC(=O)COC(=O)c1ccc(OC[C@H]2CCCO2)cc1. The van der Waals surface area contributed by atoms with Crippen molar-refractivity contribution in [1.82, 2.24) is 5.32 Å². The summed E-state index contributed by atoms with van der Waals surface area (Å²) >= 11 is 0. The molecule has 0 bridgehead atoms. The van der Waals surface area contributed by atoms with Gasteiger partial charge in [-0.2, -0.15) is 0 Å². The Hall–Kier alpha value is -2.08. The smallest absolute Gasteiger partial charge is 0.338 e. The molecule has 0 unspecified atom stereocenters. The second kappa shape index (κ2) is 9.42. The van der Waals surface area contributed by atoms with Crippen molar-refractivity contribution < 1.29 is 23.8 Å². The van der Waals surface area contributed by atoms with E-state index in [1.165, 1.54) is 0 Å². The van der Waals surface area contributed by atoms with Crippen LogP contribution in [0.2, 0.25) is 0 Å². The lowest BCUT2D eigenvalue weighted by Gasteiger charge is -2.17. The van der Waals surface area contributed by atoms with Gasteiger partial charge in [0.15, 0.2) is 6.61 Å². The van der Waals surface area contributed by atoms with E-state index in [1.807, 2.05) is 20.8 Å². The molecule has 138 valence electrons. The van der Waals surface area contributed by atoms with Gasteiger partial charge >= 0.3 is 5.97 Å². The Labute approximate surface area is 148 Å². The third-order valence-corrected chi connectivity index (χ3v) is 4.27. The van der Waals surface area contributed by atoms with E-state index in [9.17, 15) is 9.59 Å². The number of amides is 1. The van der Waals surface area contributed by atoms with Crippen molar-refractivity contribution in [2.45, 2.75) is 45.8 Å². The van der Waals surface area contributed by atoms with Gasteiger partial charge < -0.3 is 19.5 Å². The van der Waals surface area contributed by atoms with Crippen LogP contribution in [0.4, 0.5) is 0 Å². The van der Waals surface area contributed by atoms with E-state index in [0.29, 0.717) is 23.8 Å². The molecule has 1 aliphatic rings. The molecule has 1 aromatic carbocycles. The Morgan fingerprint density at radius 3 is 2.56 bits per heavy atom. The highest BCUT2D eigenvalue weighted by Crippen LogP contribution is 2.17. The van der Waals surface area contributed by atoms with Crippen LogP contribution in [0.5, 0.6) is 5.75 Å². The number of rotatable bonds is 8. The minimum absolute atomic E-state index is 0.0338. The fourth-order valence-corrected chi connectivity index (χ4v) is 2.33. The molecule has 1 aromatic rings. The third kappa shape index (κ3) is 6.38. The maximum atomic E-state index is 12.0. The quantitative estimate of drug-likeness (QED) is 0.730. The number of hydrogen-bond acceptors (Lipinski definition) is 5. The van der Waals surface area contributed by atoms with E-state index in [-0.39, 0.29) is 24.7 Å². The van der Waals surface area contributed by atoms with Gasteiger partial charge in [-0.15, -0.1) is 0 Å². The van der Waals surface area contributed by atoms with Crippen LogP contribution in [0.15, 0.2) is 24.3 Å². The molecule has 25 heavy (non-hydrogen) atoms. The number of benzene rings is 1. The predicted molar refractivity (Wildman–Crippen MR) is 93.6 cm³/mol. The minimum Gasteiger partial charge on any atom is -0.491 e. The molecule has 0 saturated carbocycles. The van der Waals surface area contributed by atoms with Gasteiger partial charge in [0.2, 0.25) is 0 Å². The number of hydrogen-bond donors (Lipinski definition) is 1. The monoisotopic (exact) mass is 349 g/mol. The summed E-state index contributed by atoms with van der Waals surface area (Å²) < 4.78 is 16.2. The molecule has 1 amide bonds. The Kier molecular flexibility index (Phi) is 7.25. The van der Waals surface area contributed by atoms with Gasteiger partial charge in [0.25, 0.3) is 5.91 Å². The van der Waals surface area contributed by atoms with Crippen LogP contribution in [0, 0.1) is 5.92 Å². The molecule has 0 radical (unpaired) electrons. The lowest BCUT2D eigenvalue weighted by molar-refractivity contribution is -0.125. The zero-order chi connectivity index (χ0) is 18.2. The molecule has 1 N–H and O–H groups in total. The molecule has 6 nitrogen and oxygen atoms in total. The Morgan fingerprint density at radius 2 is 1.96 bits per heavy atom. The van der Waals surface area contributed by atoms with Crippen molar-refractivity contribution in [3.8, 4) is 5.75 Å². The highest BCUT2D eigenvalue weighted by molar-refractivity contribution is 5.91. The van der Waals surface area contributed by atoms with E-state index in [4.69, 9.17) is 14.2 Å². The summed E-state index contributed by atoms with van der Waals surface area (Å²) in [5, 5.41) is 2.79. The van der Waals surface area contributed by atoms with Crippen molar-refractivity contribution in [2.75, 3.05) is 19.8 Å². The molecule has 0 aliphatic carbocycles.